The number of pyridine rings is 1. The number of rotatable bonds is 16. The minimum absolute atomic E-state index is 0.0560. The fourth-order valence-corrected chi connectivity index (χ4v) is 5.63. The Hall–Kier alpha value is -4.70. The normalized spacial score (nSPS) is 13.8. The molecule has 0 spiro atoms. The molecule has 1 aliphatic heterocycles. The number of nitrogens with zero attached hydrogens (tertiary/aromatic N) is 3. The average Bonchev–Trinajstić information content (AvgIpc) is 3.12. The van der Waals surface area contributed by atoms with Gasteiger partial charge in [0.2, 0.25) is 0 Å². The van der Waals surface area contributed by atoms with Crippen LogP contribution in [0, 0.1) is 18.3 Å². The second kappa shape index (κ2) is 17.6. The van der Waals surface area contributed by atoms with Crippen LogP contribution in [0.1, 0.15) is 27.8 Å². The van der Waals surface area contributed by atoms with Crippen LogP contribution in [0.5, 0.6) is 17.2 Å². The number of benzene rings is 3. The van der Waals surface area contributed by atoms with Gasteiger partial charge in [-0.3, -0.25) is 20.0 Å². The summed E-state index contributed by atoms with van der Waals surface area (Å²) in [5.41, 5.74) is 5.74. The molecule has 1 atom stereocenters. The molecule has 0 bridgehead atoms. The predicted molar refractivity (Wildman–Crippen MR) is 184 cm³/mol. The van der Waals surface area contributed by atoms with Gasteiger partial charge >= 0.3 is 5.97 Å². The van der Waals surface area contributed by atoms with Gasteiger partial charge < -0.3 is 29.2 Å². The molecule has 4 aromatic rings. The van der Waals surface area contributed by atoms with Crippen LogP contribution in [0.3, 0.4) is 0 Å². The van der Waals surface area contributed by atoms with Crippen LogP contribution >= 0.6 is 11.6 Å². The number of aliphatic hydroxyl groups is 1. The molecule has 12 heteroatoms. The fraction of sp³-hybridized carbons (Fsp3) is 0.324. The van der Waals surface area contributed by atoms with E-state index in [1.165, 1.54) is 6.20 Å². The second-order valence-electron chi connectivity index (χ2n) is 11.5. The van der Waals surface area contributed by atoms with Gasteiger partial charge in [-0.2, -0.15) is 5.26 Å². The van der Waals surface area contributed by atoms with E-state index < -0.39 is 18.6 Å². The van der Waals surface area contributed by atoms with E-state index in [1.807, 2.05) is 37.3 Å². The minimum Gasteiger partial charge on any atom is -0.492 e. The van der Waals surface area contributed by atoms with Gasteiger partial charge in [-0.1, -0.05) is 41.9 Å². The van der Waals surface area contributed by atoms with Crippen LogP contribution in [0.2, 0.25) is 5.02 Å². The zero-order valence-corrected chi connectivity index (χ0v) is 28.0. The molecule has 1 aliphatic rings. The lowest BCUT2D eigenvalue weighted by molar-refractivity contribution is -0.140. The molecule has 256 valence electrons. The van der Waals surface area contributed by atoms with E-state index in [2.05, 4.69) is 33.4 Å². The summed E-state index contributed by atoms with van der Waals surface area (Å²) < 4.78 is 23.9. The number of hydrogen-bond acceptors (Lipinski definition) is 10. The Balaban J connectivity index is 1.30. The Morgan fingerprint density at radius 2 is 1.84 bits per heavy atom. The highest BCUT2D eigenvalue weighted by Gasteiger charge is 2.19. The SMILES string of the molecule is Cc1c(COc2cc(OCc3cncc(C#N)c3)c(CNC(CO)C(=O)O)cc2Cl)cccc1-c1cccc(OCCN2CCOCC2)c1. The fourth-order valence-electron chi connectivity index (χ4n) is 5.39. The number of carboxylic acid groups (broad SMARTS) is 1. The van der Waals surface area contributed by atoms with Crippen molar-refractivity contribution in [2.75, 3.05) is 46.1 Å². The number of hydrogen-bond donors (Lipinski definition) is 3. The number of carbonyl (C=O) groups is 1. The second-order valence-corrected chi connectivity index (χ2v) is 11.9. The monoisotopic (exact) mass is 686 g/mol. The summed E-state index contributed by atoms with van der Waals surface area (Å²) in [6.07, 6.45) is 3.06. The summed E-state index contributed by atoms with van der Waals surface area (Å²) >= 11 is 6.67. The summed E-state index contributed by atoms with van der Waals surface area (Å²) in [6, 6.07) is 20.0. The Bertz CT molecular complexity index is 1770. The Morgan fingerprint density at radius 1 is 1.04 bits per heavy atom. The summed E-state index contributed by atoms with van der Waals surface area (Å²) in [6.45, 7) is 6.66. The summed E-state index contributed by atoms with van der Waals surface area (Å²) in [7, 11) is 0. The summed E-state index contributed by atoms with van der Waals surface area (Å²) in [5.74, 6) is 0.398. The number of aromatic nitrogens is 1. The lowest BCUT2D eigenvalue weighted by Gasteiger charge is -2.26. The number of carboxylic acids is 1. The maximum atomic E-state index is 11.5. The standard InChI is InChI=1S/C37H39ClN4O7/c1-25-29(5-3-7-32(25)28-4-2-6-31(15-28)47-13-10-42-8-11-46-12-9-42)24-49-36-17-35(48-23-27-14-26(18-39)19-40-20-27)30(16-33(36)38)21-41-34(22-43)37(44)45/h2-7,14-17,19-20,34,41,43H,8-13,21-24H2,1H3,(H,44,45). The molecule has 0 aliphatic carbocycles. The molecule has 1 aromatic heterocycles. The summed E-state index contributed by atoms with van der Waals surface area (Å²) in [4.78, 5) is 17.9. The summed E-state index contributed by atoms with van der Waals surface area (Å²) in [5, 5.41) is 31.2. The lowest BCUT2D eigenvalue weighted by atomic mass is 9.96. The molecule has 3 N–H and O–H groups in total. The Morgan fingerprint density at radius 3 is 2.61 bits per heavy atom. The number of nitrogens with one attached hydrogen (secondary N) is 1. The molecule has 1 unspecified atom stereocenters. The average molecular weight is 687 g/mol. The molecule has 5 rings (SSSR count). The highest BCUT2D eigenvalue weighted by atomic mass is 35.5. The molecule has 3 aromatic carbocycles. The molecular formula is C37H39ClN4O7. The van der Waals surface area contributed by atoms with Gasteiger partial charge in [0, 0.05) is 55.8 Å². The van der Waals surface area contributed by atoms with Crippen LogP contribution in [-0.2, 0) is 29.3 Å². The quantitative estimate of drug-likeness (QED) is 0.147. The van der Waals surface area contributed by atoms with E-state index in [0.717, 1.165) is 60.9 Å². The van der Waals surface area contributed by atoms with Crippen molar-refractivity contribution in [1.29, 1.82) is 5.26 Å². The van der Waals surface area contributed by atoms with Gasteiger partial charge in [0.1, 0.15) is 49.2 Å². The van der Waals surface area contributed by atoms with Crippen LogP contribution < -0.4 is 19.5 Å². The number of nitriles is 1. The molecule has 1 saturated heterocycles. The van der Waals surface area contributed by atoms with Crippen LogP contribution in [-0.4, -0.2) is 78.2 Å². The maximum absolute atomic E-state index is 11.5. The van der Waals surface area contributed by atoms with E-state index in [0.29, 0.717) is 39.8 Å². The predicted octanol–water partition coefficient (Wildman–Crippen LogP) is 4.99. The van der Waals surface area contributed by atoms with Gasteiger partial charge in [0.15, 0.2) is 0 Å². The first-order chi connectivity index (χ1) is 23.8. The minimum atomic E-state index is -1.18. The third-order valence-corrected chi connectivity index (χ3v) is 8.50. The van der Waals surface area contributed by atoms with Crippen molar-refractivity contribution in [2.24, 2.45) is 0 Å². The molecule has 2 heterocycles. The molecule has 0 amide bonds. The van der Waals surface area contributed by atoms with Crippen molar-refractivity contribution >= 4 is 17.6 Å². The van der Waals surface area contributed by atoms with Crippen LogP contribution in [0.4, 0.5) is 0 Å². The smallest absolute Gasteiger partial charge is 0.323 e. The van der Waals surface area contributed by atoms with E-state index in [-0.39, 0.29) is 19.8 Å². The van der Waals surface area contributed by atoms with Crippen LogP contribution in [0.15, 0.2) is 73.1 Å². The number of aliphatic hydroxyl groups excluding tert-OH is 1. The number of morpholine rings is 1. The highest BCUT2D eigenvalue weighted by Crippen LogP contribution is 2.35. The number of aliphatic carboxylic acids is 1. The molecule has 1 fully saturated rings. The van der Waals surface area contributed by atoms with E-state index in [1.54, 1.807) is 24.4 Å². The molecule has 11 nitrogen and oxygen atoms in total. The van der Waals surface area contributed by atoms with Crippen molar-refractivity contribution in [1.82, 2.24) is 15.2 Å². The third kappa shape index (κ3) is 9.92. The lowest BCUT2D eigenvalue weighted by Crippen LogP contribution is -2.39. The zero-order chi connectivity index (χ0) is 34.6. The van der Waals surface area contributed by atoms with Crippen LogP contribution in [0.25, 0.3) is 11.1 Å². The molecule has 49 heavy (non-hydrogen) atoms. The number of ether oxygens (including phenoxy) is 4. The highest BCUT2D eigenvalue weighted by molar-refractivity contribution is 6.32. The van der Waals surface area contributed by atoms with E-state index in [9.17, 15) is 20.3 Å². The third-order valence-electron chi connectivity index (χ3n) is 8.21. The molecule has 0 radical (unpaired) electrons. The first kappa shape index (κ1) is 35.6. The molecule has 0 saturated carbocycles. The van der Waals surface area contributed by atoms with Crippen molar-refractivity contribution < 1.29 is 34.0 Å². The largest absolute Gasteiger partial charge is 0.492 e. The van der Waals surface area contributed by atoms with Crippen molar-refractivity contribution in [3.05, 3.63) is 106 Å². The Labute approximate surface area is 290 Å². The maximum Gasteiger partial charge on any atom is 0.323 e. The number of halogens is 1. The van der Waals surface area contributed by atoms with Gasteiger partial charge in [-0.25, -0.2) is 0 Å². The Kier molecular flexibility index (Phi) is 12.8. The zero-order valence-electron chi connectivity index (χ0n) is 27.2. The van der Waals surface area contributed by atoms with E-state index >= 15 is 0 Å². The molecular weight excluding hydrogens is 648 g/mol. The van der Waals surface area contributed by atoms with Gasteiger partial charge in [-0.05, 0) is 53.4 Å². The van der Waals surface area contributed by atoms with Gasteiger partial charge in [-0.15, -0.1) is 0 Å². The van der Waals surface area contributed by atoms with Crippen molar-refractivity contribution in [2.45, 2.75) is 32.7 Å². The van der Waals surface area contributed by atoms with E-state index in [4.69, 9.17) is 30.5 Å². The van der Waals surface area contributed by atoms with Gasteiger partial charge in [0.25, 0.3) is 0 Å². The van der Waals surface area contributed by atoms with Gasteiger partial charge in [0.05, 0.1) is 30.4 Å². The first-order valence-electron chi connectivity index (χ1n) is 16.0. The first-order valence-corrected chi connectivity index (χ1v) is 16.3. The topological polar surface area (TPSA) is 146 Å². The van der Waals surface area contributed by atoms with Crippen molar-refractivity contribution in [3.63, 3.8) is 0 Å². The van der Waals surface area contributed by atoms with Crippen molar-refractivity contribution in [3.8, 4) is 34.4 Å².